The molecular formula is C17H15N3O4S. The molecule has 3 rings (SSSR count). The minimum atomic E-state index is -0.617. The van der Waals surface area contributed by atoms with Crippen LogP contribution in [0.3, 0.4) is 0 Å². The Bertz CT molecular complexity index is 871. The molecule has 25 heavy (non-hydrogen) atoms. The van der Waals surface area contributed by atoms with Crippen LogP contribution in [0.4, 0.5) is 11.6 Å². The highest BCUT2D eigenvalue weighted by Gasteiger charge is 2.35. The van der Waals surface area contributed by atoms with Gasteiger partial charge in [-0.05, 0) is 43.8 Å². The van der Waals surface area contributed by atoms with Crippen LogP contribution in [0, 0.1) is 10.1 Å². The van der Waals surface area contributed by atoms with E-state index < -0.39 is 4.92 Å². The molecule has 1 aliphatic rings. The summed E-state index contributed by atoms with van der Waals surface area (Å²) in [7, 11) is 0. The van der Waals surface area contributed by atoms with Gasteiger partial charge in [0.05, 0.1) is 16.7 Å². The Hall–Kier alpha value is -2.87. The van der Waals surface area contributed by atoms with Crippen LogP contribution in [-0.2, 0) is 4.79 Å². The average molecular weight is 357 g/mol. The second-order valence-corrected chi connectivity index (χ2v) is 6.55. The van der Waals surface area contributed by atoms with Gasteiger partial charge in [0.2, 0.25) is 0 Å². The molecule has 0 radical (unpaired) electrons. The summed E-state index contributed by atoms with van der Waals surface area (Å²) in [5.41, 5.74) is 0.748. The molecule has 0 aliphatic carbocycles. The lowest BCUT2D eigenvalue weighted by Crippen LogP contribution is -2.35. The zero-order valence-electron chi connectivity index (χ0n) is 13.6. The number of aliphatic imine (C=N–C) groups is 1. The van der Waals surface area contributed by atoms with Gasteiger partial charge in [0.15, 0.2) is 5.17 Å². The van der Waals surface area contributed by atoms with Crippen LogP contribution in [-0.4, -0.2) is 26.9 Å². The highest BCUT2D eigenvalue weighted by Crippen LogP contribution is 2.35. The van der Waals surface area contributed by atoms with E-state index in [1.54, 1.807) is 4.90 Å². The van der Waals surface area contributed by atoms with E-state index >= 15 is 0 Å². The van der Waals surface area contributed by atoms with E-state index in [2.05, 4.69) is 4.99 Å². The number of hydrogen-bond acceptors (Lipinski definition) is 6. The Morgan fingerprint density at radius 1 is 1.24 bits per heavy atom. The molecule has 1 saturated heterocycles. The van der Waals surface area contributed by atoms with Crippen LogP contribution in [0.2, 0.25) is 0 Å². The summed E-state index contributed by atoms with van der Waals surface area (Å²) in [5.74, 6) is -0.304. The van der Waals surface area contributed by atoms with Crippen molar-refractivity contribution in [1.29, 1.82) is 0 Å². The standard InChI is InChI=1S/C17H15N3O4S/c1-11(2)19-16(21)14(10-13-8-9-15(24-13)20(22)23)25-17(19)18-12-6-4-3-5-7-12/h3-11H,1-2H3/b14-10+,18-17?. The lowest BCUT2D eigenvalue weighted by Gasteiger charge is -2.19. The Balaban J connectivity index is 1.94. The van der Waals surface area contributed by atoms with E-state index in [1.807, 2.05) is 44.2 Å². The second kappa shape index (κ2) is 6.94. The summed E-state index contributed by atoms with van der Waals surface area (Å²) >= 11 is 1.22. The van der Waals surface area contributed by atoms with E-state index in [-0.39, 0.29) is 23.6 Å². The third-order valence-electron chi connectivity index (χ3n) is 3.40. The first-order valence-corrected chi connectivity index (χ1v) is 8.38. The number of thioether (sulfide) groups is 1. The number of amidine groups is 1. The van der Waals surface area contributed by atoms with Crippen LogP contribution in [0.5, 0.6) is 0 Å². The molecule has 0 atom stereocenters. The van der Waals surface area contributed by atoms with Crippen molar-refractivity contribution >= 4 is 40.5 Å². The van der Waals surface area contributed by atoms with E-state index in [4.69, 9.17) is 4.42 Å². The molecule has 1 amide bonds. The van der Waals surface area contributed by atoms with Crippen molar-refractivity contribution in [3.05, 3.63) is 63.2 Å². The number of amides is 1. The third-order valence-corrected chi connectivity index (χ3v) is 4.38. The van der Waals surface area contributed by atoms with Gasteiger partial charge >= 0.3 is 5.88 Å². The number of carbonyl (C=O) groups is 1. The molecule has 1 aromatic heterocycles. The molecule has 7 nitrogen and oxygen atoms in total. The maximum Gasteiger partial charge on any atom is 0.433 e. The summed E-state index contributed by atoms with van der Waals surface area (Å²) < 4.78 is 5.11. The van der Waals surface area contributed by atoms with Crippen molar-refractivity contribution in [2.75, 3.05) is 0 Å². The van der Waals surface area contributed by atoms with Gasteiger partial charge < -0.3 is 4.42 Å². The fourth-order valence-corrected chi connectivity index (χ4v) is 3.38. The van der Waals surface area contributed by atoms with Gasteiger partial charge in [0.25, 0.3) is 5.91 Å². The molecule has 0 spiro atoms. The van der Waals surface area contributed by atoms with Gasteiger partial charge in [0, 0.05) is 12.1 Å². The van der Waals surface area contributed by atoms with Crippen molar-refractivity contribution in [3.63, 3.8) is 0 Å². The van der Waals surface area contributed by atoms with E-state index in [0.29, 0.717) is 10.1 Å². The van der Waals surface area contributed by atoms with Gasteiger partial charge in [-0.3, -0.25) is 19.8 Å². The summed E-state index contributed by atoms with van der Waals surface area (Å²) in [6.07, 6.45) is 1.50. The molecular weight excluding hydrogens is 342 g/mol. The minimum Gasteiger partial charge on any atom is -0.401 e. The van der Waals surface area contributed by atoms with Gasteiger partial charge in [-0.25, -0.2) is 4.99 Å². The fourth-order valence-electron chi connectivity index (χ4n) is 2.28. The van der Waals surface area contributed by atoms with Crippen LogP contribution >= 0.6 is 11.8 Å². The second-order valence-electron chi connectivity index (χ2n) is 5.54. The zero-order chi connectivity index (χ0) is 18.0. The van der Waals surface area contributed by atoms with E-state index in [1.165, 1.54) is 30.0 Å². The smallest absolute Gasteiger partial charge is 0.401 e. The molecule has 0 saturated carbocycles. The maximum atomic E-state index is 12.7. The Morgan fingerprint density at radius 2 is 1.96 bits per heavy atom. The number of hydrogen-bond donors (Lipinski definition) is 0. The zero-order valence-corrected chi connectivity index (χ0v) is 14.4. The van der Waals surface area contributed by atoms with Crippen LogP contribution in [0.15, 0.2) is 56.8 Å². The highest BCUT2D eigenvalue weighted by atomic mass is 32.2. The summed E-state index contributed by atoms with van der Waals surface area (Å²) in [6, 6.07) is 12.0. The molecule has 0 unspecified atom stereocenters. The number of para-hydroxylation sites is 1. The number of benzene rings is 1. The molecule has 128 valence electrons. The third kappa shape index (κ3) is 3.63. The number of furan rings is 1. The first-order chi connectivity index (χ1) is 12.0. The molecule has 1 aromatic carbocycles. The normalized spacial score (nSPS) is 17.9. The topological polar surface area (TPSA) is 89.0 Å². The lowest BCUT2D eigenvalue weighted by molar-refractivity contribution is -0.402. The lowest BCUT2D eigenvalue weighted by atomic mass is 10.3. The van der Waals surface area contributed by atoms with E-state index in [0.717, 1.165) is 5.69 Å². The van der Waals surface area contributed by atoms with Crippen LogP contribution < -0.4 is 0 Å². The Kier molecular flexibility index (Phi) is 4.71. The average Bonchev–Trinajstić information content (AvgIpc) is 3.14. The molecule has 1 fully saturated rings. The number of nitrogens with zero attached hydrogens (tertiary/aromatic N) is 3. The highest BCUT2D eigenvalue weighted by molar-refractivity contribution is 8.18. The molecule has 0 N–H and O–H groups in total. The van der Waals surface area contributed by atoms with Crippen molar-refractivity contribution < 1.29 is 14.1 Å². The first-order valence-electron chi connectivity index (χ1n) is 7.57. The quantitative estimate of drug-likeness (QED) is 0.465. The molecule has 2 aromatic rings. The number of rotatable bonds is 4. The Labute approximate surface area is 148 Å². The van der Waals surface area contributed by atoms with Crippen LogP contribution in [0.1, 0.15) is 19.6 Å². The van der Waals surface area contributed by atoms with Crippen molar-refractivity contribution in [2.45, 2.75) is 19.9 Å². The van der Waals surface area contributed by atoms with E-state index in [9.17, 15) is 14.9 Å². The SMILES string of the molecule is CC(C)N1C(=O)/C(=C\c2ccc([N+](=O)[O-])o2)SC1=Nc1ccccc1. The summed E-state index contributed by atoms with van der Waals surface area (Å²) in [6.45, 7) is 3.80. The van der Waals surface area contributed by atoms with Gasteiger partial charge in [0.1, 0.15) is 10.7 Å². The fraction of sp³-hybridized carbons (Fsp3) is 0.176. The van der Waals surface area contributed by atoms with Gasteiger partial charge in [-0.2, -0.15) is 0 Å². The predicted molar refractivity (Wildman–Crippen MR) is 96.4 cm³/mol. The van der Waals surface area contributed by atoms with Crippen molar-refractivity contribution in [2.24, 2.45) is 4.99 Å². The maximum absolute atomic E-state index is 12.7. The van der Waals surface area contributed by atoms with Crippen LogP contribution in [0.25, 0.3) is 6.08 Å². The molecule has 1 aliphatic heterocycles. The largest absolute Gasteiger partial charge is 0.433 e. The Morgan fingerprint density at radius 3 is 2.56 bits per heavy atom. The number of nitro groups is 1. The summed E-state index contributed by atoms with van der Waals surface area (Å²) in [5, 5.41) is 11.3. The number of carbonyl (C=O) groups excluding carboxylic acids is 1. The monoisotopic (exact) mass is 357 g/mol. The first kappa shape index (κ1) is 17.0. The van der Waals surface area contributed by atoms with Crippen molar-refractivity contribution in [3.8, 4) is 0 Å². The predicted octanol–water partition coefficient (Wildman–Crippen LogP) is 4.20. The molecule has 0 bridgehead atoms. The minimum absolute atomic E-state index is 0.0701. The van der Waals surface area contributed by atoms with Crippen molar-refractivity contribution in [1.82, 2.24) is 4.90 Å². The van der Waals surface area contributed by atoms with Gasteiger partial charge in [-0.1, -0.05) is 18.2 Å². The van der Waals surface area contributed by atoms with Gasteiger partial charge in [-0.15, -0.1) is 0 Å². The molecule has 2 heterocycles. The summed E-state index contributed by atoms with van der Waals surface area (Å²) in [4.78, 5) is 29.3. The molecule has 8 heteroatoms.